The minimum Gasteiger partial charge on any atom is -0.343 e. The van der Waals surface area contributed by atoms with Gasteiger partial charge in [0.1, 0.15) is 11.6 Å². The number of pyridine rings is 8. The maximum absolute atomic E-state index is 14.2. The Balaban J connectivity index is 0.000000108. The first kappa shape index (κ1) is 86.7. The van der Waals surface area contributed by atoms with Crippen molar-refractivity contribution < 1.29 is 8.78 Å². The quantitative estimate of drug-likeness (QED) is 0.153. The average molecular weight is 1820 g/mol. The van der Waals surface area contributed by atoms with Crippen LogP contribution in [0.25, 0.3) is 203 Å². The van der Waals surface area contributed by atoms with E-state index < -0.39 is 11.6 Å². The predicted octanol–water partition coefficient (Wildman–Crippen LogP) is 24.9. The standard InChI is InChI=1S/C40H36N2O2.C32H20N2O2.C27H18N2O2.C22H14F2N2O2/c1-39(2,3)25-15-19-27(20-16-25)41-33-13-9-7-11-29(33)37(43)31-24-36-32(23-35(31)41)38(44)30-12-8-10-14-34(30)42(36)28-21-17-26(18-22-28)40(4,5)6;35-31-23-15-7-9-17-27(23)33(21-11-3-1-4-12-21)29-19-26-30(20-25(29)31)34(22-13-5-2-6-14-22)28-18-10-8-16-24(28)32(26)36;1-28-22-13-7-5-11-18(22)26(30)20-16-25-21(15-24(20)28)27(31)19-12-6-8-14-23(19)29(25)17-9-3-2-4-10-17;1-25-17-7-11(23)3-5-13(17)21(27)15-10-20-16(9-19(15)25)22(28)14-6-4-12(24)8-18(14)26(20)2/h7-24H,1-6H3;1-20H;2-16H,1H3;3-10H,1-2H3. The number of aryl methyl sites for hydroxylation is 3. The second-order valence-corrected chi connectivity index (χ2v) is 37.6. The zero-order valence-electron chi connectivity index (χ0n) is 77.3. The highest BCUT2D eigenvalue weighted by Crippen LogP contribution is 2.38. The van der Waals surface area contributed by atoms with Crippen LogP contribution in [0.4, 0.5) is 8.78 Å². The molecule has 0 bridgehead atoms. The van der Waals surface area contributed by atoms with E-state index in [9.17, 15) is 47.1 Å². The van der Waals surface area contributed by atoms with Gasteiger partial charge in [-0.25, -0.2) is 8.78 Å². The first-order chi connectivity index (χ1) is 67.2. The minimum absolute atomic E-state index is 0.0135. The molecule has 0 aliphatic heterocycles. The van der Waals surface area contributed by atoms with Gasteiger partial charge in [0.15, 0.2) is 43.4 Å². The maximum Gasteiger partial charge on any atom is 0.197 e. The molecule has 18 heteroatoms. The zero-order chi connectivity index (χ0) is 96.0. The Kier molecular flexibility index (Phi) is 20.9. The molecule has 0 atom stereocenters. The highest BCUT2D eigenvalue weighted by molar-refractivity contribution is 6.10. The van der Waals surface area contributed by atoms with Crippen LogP contribution >= 0.6 is 0 Å². The van der Waals surface area contributed by atoms with E-state index in [4.69, 9.17) is 0 Å². The van der Waals surface area contributed by atoms with Gasteiger partial charge in [-0.1, -0.05) is 193 Å². The topological polar surface area (TPSA) is 176 Å². The van der Waals surface area contributed by atoms with Crippen LogP contribution in [0, 0.1) is 11.6 Å². The lowest BCUT2D eigenvalue weighted by molar-refractivity contribution is 0.590. The molecule has 0 fully saturated rings. The highest BCUT2D eigenvalue weighted by Gasteiger charge is 2.26. The van der Waals surface area contributed by atoms with Gasteiger partial charge in [0.05, 0.1) is 88.3 Å². The third-order valence-electron chi connectivity index (χ3n) is 27.3. The maximum atomic E-state index is 14.2. The summed E-state index contributed by atoms with van der Waals surface area (Å²) in [7, 11) is 5.40. The van der Waals surface area contributed by atoms with Gasteiger partial charge in [0, 0.05) is 136 Å². The molecule has 0 aliphatic carbocycles. The summed E-state index contributed by atoms with van der Waals surface area (Å²) >= 11 is 0. The summed E-state index contributed by atoms with van der Waals surface area (Å²) in [5.74, 6) is -0.877. The number of nitrogens with zero attached hydrogens (tertiary/aromatic N) is 8. The summed E-state index contributed by atoms with van der Waals surface area (Å²) in [4.78, 5) is 109. The van der Waals surface area contributed by atoms with Gasteiger partial charge in [0.2, 0.25) is 0 Å². The van der Waals surface area contributed by atoms with Crippen LogP contribution < -0.4 is 43.4 Å². The molecule has 25 aromatic rings. The fourth-order valence-corrected chi connectivity index (χ4v) is 20.3. The Hall–Kier alpha value is -17.6. The molecule has 139 heavy (non-hydrogen) atoms. The van der Waals surface area contributed by atoms with E-state index in [1.54, 1.807) is 35.4 Å². The van der Waals surface area contributed by atoms with Gasteiger partial charge in [-0.3, -0.25) is 38.4 Å². The van der Waals surface area contributed by atoms with Crippen molar-refractivity contribution in [3.8, 4) is 28.4 Å². The summed E-state index contributed by atoms with van der Waals surface area (Å²) in [6.07, 6.45) is 0. The Morgan fingerprint density at radius 3 is 0.576 bits per heavy atom. The molecule has 0 unspecified atom stereocenters. The molecule has 0 saturated heterocycles. The summed E-state index contributed by atoms with van der Waals surface area (Å²) in [6, 6.07) is 116. The fraction of sp³-hybridized carbons (Fsp3) is 0.0909. The van der Waals surface area contributed by atoms with E-state index in [1.807, 2.05) is 285 Å². The highest BCUT2D eigenvalue weighted by atomic mass is 19.1. The largest absolute Gasteiger partial charge is 0.343 e. The van der Waals surface area contributed by atoms with Crippen LogP contribution in [0.15, 0.2) is 408 Å². The molecule has 0 saturated carbocycles. The van der Waals surface area contributed by atoms with E-state index in [1.165, 1.54) is 47.5 Å². The third-order valence-corrected chi connectivity index (χ3v) is 27.3. The van der Waals surface area contributed by atoms with Crippen molar-refractivity contribution in [1.82, 2.24) is 36.5 Å². The van der Waals surface area contributed by atoms with Crippen LogP contribution in [-0.4, -0.2) is 36.5 Å². The van der Waals surface area contributed by atoms with Gasteiger partial charge in [-0.05, 0) is 240 Å². The lowest BCUT2D eigenvalue weighted by Gasteiger charge is -2.22. The van der Waals surface area contributed by atoms with Crippen LogP contribution in [0.5, 0.6) is 0 Å². The Morgan fingerprint density at radius 1 is 0.165 bits per heavy atom. The Bertz CT molecular complexity index is 9670. The molecule has 674 valence electrons. The normalized spacial score (nSPS) is 11.9. The number of benzene rings is 17. The predicted molar refractivity (Wildman–Crippen MR) is 567 cm³/mol. The molecule has 0 N–H and O–H groups in total. The fourth-order valence-electron chi connectivity index (χ4n) is 20.3. The van der Waals surface area contributed by atoms with Gasteiger partial charge in [-0.15, -0.1) is 0 Å². The molecule has 8 aromatic heterocycles. The van der Waals surface area contributed by atoms with E-state index in [-0.39, 0.29) is 54.3 Å². The van der Waals surface area contributed by atoms with Crippen molar-refractivity contribution in [3.63, 3.8) is 0 Å². The number of fused-ring (bicyclic) bond motifs is 16. The summed E-state index contributed by atoms with van der Waals surface area (Å²) in [5.41, 5.74) is 17.7. The van der Waals surface area contributed by atoms with Gasteiger partial charge < -0.3 is 36.5 Å². The van der Waals surface area contributed by atoms with Crippen molar-refractivity contribution in [2.45, 2.75) is 52.4 Å². The van der Waals surface area contributed by atoms with Crippen LogP contribution in [0.2, 0.25) is 0 Å². The zero-order valence-corrected chi connectivity index (χ0v) is 77.3. The van der Waals surface area contributed by atoms with Gasteiger partial charge >= 0.3 is 0 Å². The molecule has 0 aliphatic rings. The monoisotopic (exact) mass is 1820 g/mol. The van der Waals surface area contributed by atoms with Gasteiger partial charge in [0.25, 0.3) is 0 Å². The first-order valence-corrected chi connectivity index (χ1v) is 46.0. The third kappa shape index (κ3) is 14.4. The number of hydrogen-bond donors (Lipinski definition) is 0. The summed E-state index contributed by atoms with van der Waals surface area (Å²) in [6.45, 7) is 13.2. The number of para-hydroxylation sites is 9. The van der Waals surface area contributed by atoms with E-state index >= 15 is 0 Å². The van der Waals surface area contributed by atoms with Crippen LogP contribution in [0.1, 0.15) is 52.7 Å². The molecular formula is C121H88F2N8O8. The summed E-state index contributed by atoms with van der Waals surface area (Å²) in [5, 5.41) is 9.02. The van der Waals surface area contributed by atoms with Crippen molar-refractivity contribution in [2.24, 2.45) is 21.1 Å². The molecular weight excluding hydrogens is 1730 g/mol. The molecule has 17 aromatic carbocycles. The smallest absolute Gasteiger partial charge is 0.197 e. The molecule has 0 radical (unpaired) electrons. The lowest BCUT2D eigenvalue weighted by atomic mass is 9.87. The average Bonchev–Trinajstić information content (AvgIpc) is 0.716. The molecule has 8 heterocycles. The van der Waals surface area contributed by atoms with Crippen LogP contribution in [-0.2, 0) is 32.0 Å². The first-order valence-electron chi connectivity index (χ1n) is 46.0. The minimum atomic E-state index is -0.438. The molecule has 0 spiro atoms. The van der Waals surface area contributed by atoms with E-state index in [0.717, 1.165) is 72.6 Å². The summed E-state index contributed by atoms with van der Waals surface area (Å²) < 4.78 is 43.3. The molecule has 0 amide bonds. The number of aromatic nitrogens is 8. The molecule has 16 nitrogen and oxygen atoms in total. The van der Waals surface area contributed by atoms with Crippen molar-refractivity contribution >= 4 is 174 Å². The second kappa shape index (κ2) is 33.5. The number of halogens is 2. The second-order valence-electron chi connectivity index (χ2n) is 37.6. The van der Waals surface area contributed by atoms with E-state index in [0.29, 0.717) is 130 Å². The Labute approximate surface area is 791 Å². The number of hydrogen-bond acceptors (Lipinski definition) is 8. The number of rotatable bonds is 5. The van der Waals surface area contributed by atoms with Crippen LogP contribution in [0.3, 0.4) is 0 Å². The Morgan fingerprint density at radius 2 is 0.338 bits per heavy atom. The van der Waals surface area contributed by atoms with Crippen molar-refractivity contribution in [2.75, 3.05) is 0 Å². The molecule has 25 rings (SSSR count). The van der Waals surface area contributed by atoms with E-state index in [2.05, 4.69) is 113 Å². The van der Waals surface area contributed by atoms with Gasteiger partial charge in [-0.2, -0.15) is 0 Å². The van der Waals surface area contributed by atoms with Crippen molar-refractivity contribution in [1.29, 1.82) is 0 Å². The van der Waals surface area contributed by atoms with Crippen molar-refractivity contribution in [3.05, 3.63) is 475 Å². The SMILES string of the molecule is CC(C)(C)c1ccc(-n2c3ccccc3c(=O)c3cc4c(cc32)c(=O)c2ccccc2n4-c2ccc(C(C)(C)C)cc2)cc1.Cn1c2cc(F)ccc2c(=O)c2cc3c(cc21)c(=O)c1ccc(F)cc1n3C.Cn1c2ccccc2c(=O)c2cc3c(cc21)c(=O)c1ccccc1n3-c1ccccc1.O=c1c2ccccc2n(-c2ccccc2)c2cc3c(=O)c4ccccc4n(-c4ccccc4)c3cc12. The lowest BCUT2D eigenvalue weighted by Crippen LogP contribution is -2.15.